The summed E-state index contributed by atoms with van der Waals surface area (Å²) < 4.78 is 7.59. The number of aromatic nitrogens is 5. The van der Waals surface area contributed by atoms with Crippen LogP contribution in [0.2, 0.25) is 0 Å². The summed E-state index contributed by atoms with van der Waals surface area (Å²) in [7, 11) is 0. The van der Waals surface area contributed by atoms with Gasteiger partial charge in [0.15, 0.2) is 0 Å². The zero-order valence-corrected chi connectivity index (χ0v) is 14.2. The van der Waals surface area contributed by atoms with Gasteiger partial charge in [0.2, 0.25) is 5.89 Å². The third-order valence-corrected chi connectivity index (χ3v) is 4.42. The van der Waals surface area contributed by atoms with Crippen LogP contribution >= 0.6 is 11.8 Å². The predicted molar refractivity (Wildman–Crippen MR) is 89.1 cm³/mol. The first-order valence-corrected chi connectivity index (χ1v) is 8.60. The Balaban J connectivity index is 1.68. The summed E-state index contributed by atoms with van der Waals surface area (Å²) in [6.45, 7) is 7.18. The Morgan fingerprint density at radius 2 is 1.96 bits per heavy atom. The Labute approximate surface area is 139 Å². The van der Waals surface area contributed by atoms with E-state index in [1.807, 2.05) is 23.7 Å². The Morgan fingerprint density at radius 3 is 2.65 bits per heavy atom. The van der Waals surface area contributed by atoms with Gasteiger partial charge in [0.05, 0.1) is 11.9 Å². The number of rotatable bonds is 6. The van der Waals surface area contributed by atoms with Crippen LogP contribution in [0.1, 0.15) is 37.9 Å². The molecular weight excluding hydrogens is 310 g/mol. The molecule has 0 atom stereocenters. The molecular formula is C16H19N5OS. The quantitative estimate of drug-likeness (QED) is 0.641. The maximum absolute atomic E-state index is 5.73. The van der Waals surface area contributed by atoms with Crippen LogP contribution in [0.4, 0.5) is 0 Å². The molecule has 1 aromatic carbocycles. The fourth-order valence-electron chi connectivity index (χ4n) is 2.19. The van der Waals surface area contributed by atoms with Crippen molar-refractivity contribution in [2.75, 3.05) is 0 Å². The summed E-state index contributed by atoms with van der Waals surface area (Å²) >= 11 is 1.49. The molecule has 6 nitrogen and oxygen atoms in total. The molecule has 0 aliphatic heterocycles. The molecule has 2 heterocycles. The SMILES string of the molecule is CCn1nncc1CSc1nnc(-c2ccc(C(C)C)cc2)o1. The first kappa shape index (κ1) is 15.7. The normalized spacial score (nSPS) is 11.3. The van der Waals surface area contributed by atoms with Crippen LogP contribution in [0.15, 0.2) is 40.1 Å². The van der Waals surface area contributed by atoms with Gasteiger partial charge in [0, 0.05) is 17.9 Å². The van der Waals surface area contributed by atoms with E-state index < -0.39 is 0 Å². The standard InChI is InChI=1S/C16H19N5OS/c1-4-21-14(9-17-20-21)10-23-16-19-18-15(22-16)13-7-5-12(6-8-13)11(2)3/h5-9,11H,4,10H2,1-3H3. The predicted octanol–water partition coefficient (Wildman–Crippen LogP) is 3.76. The first-order valence-electron chi connectivity index (χ1n) is 7.61. The second-order valence-electron chi connectivity index (χ2n) is 5.48. The Bertz CT molecular complexity index is 763. The van der Waals surface area contributed by atoms with E-state index in [1.165, 1.54) is 17.3 Å². The molecule has 7 heteroatoms. The van der Waals surface area contributed by atoms with Crippen molar-refractivity contribution in [3.63, 3.8) is 0 Å². The highest BCUT2D eigenvalue weighted by atomic mass is 32.2. The van der Waals surface area contributed by atoms with Gasteiger partial charge in [-0.3, -0.25) is 0 Å². The van der Waals surface area contributed by atoms with E-state index in [4.69, 9.17) is 4.42 Å². The van der Waals surface area contributed by atoms with Crippen LogP contribution in [0, 0.1) is 0 Å². The van der Waals surface area contributed by atoms with E-state index in [-0.39, 0.29) is 0 Å². The monoisotopic (exact) mass is 329 g/mol. The third kappa shape index (κ3) is 3.61. The highest BCUT2D eigenvalue weighted by Gasteiger charge is 2.11. The molecule has 0 bridgehead atoms. The number of aryl methyl sites for hydroxylation is 1. The summed E-state index contributed by atoms with van der Waals surface area (Å²) in [5, 5.41) is 16.7. The molecule has 0 spiro atoms. The zero-order chi connectivity index (χ0) is 16.2. The smallest absolute Gasteiger partial charge is 0.277 e. The molecule has 0 amide bonds. The first-order chi connectivity index (χ1) is 11.2. The number of nitrogens with zero attached hydrogens (tertiary/aromatic N) is 5. The van der Waals surface area contributed by atoms with E-state index in [9.17, 15) is 0 Å². The summed E-state index contributed by atoms with van der Waals surface area (Å²) in [5.41, 5.74) is 3.27. The maximum atomic E-state index is 5.73. The Hall–Kier alpha value is -2.15. The lowest BCUT2D eigenvalue weighted by molar-refractivity contribution is 0.465. The van der Waals surface area contributed by atoms with Crippen LogP contribution in [0.25, 0.3) is 11.5 Å². The largest absolute Gasteiger partial charge is 0.411 e. The second kappa shape index (κ2) is 6.95. The molecule has 0 aliphatic rings. The Kier molecular flexibility index (Phi) is 4.76. The van der Waals surface area contributed by atoms with E-state index in [0.717, 1.165) is 17.8 Å². The van der Waals surface area contributed by atoms with E-state index in [2.05, 4.69) is 46.5 Å². The van der Waals surface area contributed by atoms with Gasteiger partial charge < -0.3 is 4.42 Å². The van der Waals surface area contributed by atoms with Gasteiger partial charge in [-0.2, -0.15) is 0 Å². The average Bonchev–Trinajstić information content (AvgIpc) is 3.21. The van der Waals surface area contributed by atoms with Gasteiger partial charge >= 0.3 is 0 Å². The van der Waals surface area contributed by atoms with Crippen LogP contribution in [0.3, 0.4) is 0 Å². The number of benzene rings is 1. The topological polar surface area (TPSA) is 69.6 Å². The zero-order valence-electron chi connectivity index (χ0n) is 13.4. The molecule has 23 heavy (non-hydrogen) atoms. The summed E-state index contributed by atoms with van der Waals surface area (Å²) in [5.74, 6) is 1.76. The van der Waals surface area contributed by atoms with Gasteiger partial charge in [0.1, 0.15) is 0 Å². The molecule has 0 N–H and O–H groups in total. The lowest BCUT2D eigenvalue weighted by Crippen LogP contribution is -2.01. The number of hydrogen-bond donors (Lipinski definition) is 0. The Morgan fingerprint density at radius 1 is 1.17 bits per heavy atom. The van der Waals surface area contributed by atoms with Crippen molar-refractivity contribution in [2.45, 2.75) is 44.2 Å². The minimum absolute atomic E-state index is 0.509. The highest BCUT2D eigenvalue weighted by molar-refractivity contribution is 7.98. The van der Waals surface area contributed by atoms with E-state index >= 15 is 0 Å². The second-order valence-corrected chi connectivity index (χ2v) is 6.41. The highest BCUT2D eigenvalue weighted by Crippen LogP contribution is 2.26. The molecule has 0 radical (unpaired) electrons. The van der Waals surface area contributed by atoms with Crippen molar-refractivity contribution in [1.82, 2.24) is 25.2 Å². The van der Waals surface area contributed by atoms with Crippen LogP contribution < -0.4 is 0 Å². The summed E-state index contributed by atoms with van der Waals surface area (Å²) in [6, 6.07) is 8.24. The van der Waals surface area contributed by atoms with Crippen molar-refractivity contribution >= 4 is 11.8 Å². The molecule has 3 rings (SSSR count). The van der Waals surface area contributed by atoms with Gasteiger partial charge in [0.25, 0.3) is 5.22 Å². The van der Waals surface area contributed by atoms with Crippen molar-refractivity contribution in [2.24, 2.45) is 0 Å². The van der Waals surface area contributed by atoms with E-state index in [0.29, 0.717) is 22.8 Å². The van der Waals surface area contributed by atoms with Crippen LogP contribution in [0.5, 0.6) is 0 Å². The molecule has 0 unspecified atom stereocenters. The fraction of sp³-hybridized carbons (Fsp3) is 0.375. The van der Waals surface area contributed by atoms with Gasteiger partial charge in [-0.25, -0.2) is 4.68 Å². The molecule has 0 aliphatic carbocycles. The summed E-state index contributed by atoms with van der Waals surface area (Å²) in [6.07, 6.45) is 1.76. The molecule has 2 aromatic heterocycles. The third-order valence-electron chi connectivity index (χ3n) is 3.57. The maximum Gasteiger partial charge on any atom is 0.277 e. The average molecular weight is 329 g/mol. The summed E-state index contributed by atoms with van der Waals surface area (Å²) in [4.78, 5) is 0. The molecule has 0 saturated heterocycles. The number of hydrogen-bond acceptors (Lipinski definition) is 6. The van der Waals surface area contributed by atoms with Gasteiger partial charge in [-0.05, 0) is 30.5 Å². The minimum Gasteiger partial charge on any atom is -0.411 e. The number of thioether (sulfide) groups is 1. The van der Waals surface area contributed by atoms with Crippen LogP contribution in [-0.4, -0.2) is 25.2 Å². The fourth-order valence-corrected chi connectivity index (χ4v) is 2.92. The molecule has 0 saturated carbocycles. The lowest BCUT2D eigenvalue weighted by atomic mass is 10.0. The molecule has 0 fully saturated rings. The van der Waals surface area contributed by atoms with Gasteiger partial charge in [-0.1, -0.05) is 43.0 Å². The van der Waals surface area contributed by atoms with Crippen molar-refractivity contribution in [3.8, 4) is 11.5 Å². The van der Waals surface area contributed by atoms with Crippen molar-refractivity contribution in [3.05, 3.63) is 41.7 Å². The molecule has 120 valence electrons. The van der Waals surface area contributed by atoms with Crippen molar-refractivity contribution < 1.29 is 4.42 Å². The van der Waals surface area contributed by atoms with Crippen LogP contribution in [-0.2, 0) is 12.3 Å². The van der Waals surface area contributed by atoms with Crippen molar-refractivity contribution in [1.29, 1.82) is 0 Å². The molecule has 3 aromatic rings. The minimum atomic E-state index is 0.509. The lowest BCUT2D eigenvalue weighted by Gasteiger charge is -2.04. The van der Waals surface area contributed by atoms with Gasteiger partial charge in [-0.15, -0.1) is 15.3 Å². The van der Waals surface area contributed by atoms with E-state index in [1.54, 1.807) is 6.20 Å².